The Morgan fingerprint density at radius 1 is 1.12 bits per heavy atom. The van der Waals surface area contributed by atoms with E-state index in [0.29, 0.717) is 37.5 Å². The monoisotopic (exact) mass is 416 g/mol. The van der Waals surface area contributed by atoms with Crippen molar-refractivity contribution in [2.24, 2.45) is 0 Å². The molecule has 1 N–H and O–H groups in total. The van der Waals surface area contributed by atoms with Gasteiger partial charge in [0.2, 0.25) is 0 Å². The summed E-state index contributed by atoms with van der Waals surface area (Å²) in [5.41, 5.74) is 2.74. The SMILES string of the molecule is COC(=O)c1cnc2c(c1)[nH]c1cc(-c3ccc(Br)c(F)c3)c(F)cc12. The number of H-pyrrole nitrogens is 1. The predicted octanol–water partition coefficient (Wildman–Crippen LogP) is 5.21. The Hall–Kier alpha value is -2.80. The van der Waals surface area contributed by atoms with Gasteiger partial charge in [-0.25, -0.2) is 13.6 Å². The molecule has 0 amide bonds. The smallest absolute Gasteiger partial charge is 0.339 e. The number of fused-ring (bicyclic) bond motifs is 3. The molecule has 0 fully saturated rings. The molecule has 26 heavy (non-hydrogen) atoms. The maximum atomic E-state index is 14.7. The molecule has 4 rings (SSSR count). The van der Waals surface area contributed by atoms with E-state index < -0.39 is 17.6 Å². The number of carbonyl (C=O) groups is 1. The highest BCUT2D eigenvalue weighted by Crippen LogP contribution is 2.32. The first-order valence-corrected chi connectivity index (χ1v) is 8.42. The van der Waals surface area contributed by atoms with Crippen molar-refractivity contribution in [3.8, 4) is 11.1 Å². The van der Waals surface area contributed by atoms with Gasteiger partial charge >= 0.3 is 5.97 Å². The summed E-state index contributed by atoms with van der Waals surface area (Å²) in [5, 5.41) is 0.579. The second-order valence-electron chi connectivity index (χ2n) is 5.74. The molecule has 0 bridgehead atoms. The number of carbonyl (C=O) groups excluding carboxylic acids is 1. The Kier molecular flexibility index (Phi) is 3.96. The van der Waals surface area contributed by atoms with Crippen molar-refractivity contribution < 1.29 is 18.3 Å². The van der Waals surface area contributed by atoms with Crippen LogP contribution in [0.15, 0.2) is 47.1 Å². The van der Waals surface area contributed by atoms with Gasteiger partial charge in [-0.3, -0.25) is 4.98 Å². The van der Waals surface area contributed by atoms with Crippen LogP contribution < -0.4 is 0 Å². The lowest BCUT2D eigenvalue weighted by Crippen LogP contribution is -2.01. The lowest BCUT2D eigenvalue weighted by molar-refractivity contribution is 0.0600. The van der Waals surface area contributed by atoms with Gasteiger partial charge in [0, 0.05) is 22.7 Å². The summed E-state index contributed by atoms with van der Waals surface area (Å²) in [6, 6.07) is 8.99. The van der Waals surface area contributed by atoms with Crippen LogP contribution in [0.1, 0.15) is 10.4 Å². The number of pyridine rings is 1. The molecule has 4 aromatic rings. The van der Waals surface area contributed by atoms with Gasteiger partial charge in [0.25, 0.3) is 0 Å². The molecule has 130 valence electrons. The molecular formula is C19H11BrF2N2O2. The summed E-state index contributed by atoms with van der Waals surface area (Å²) in [4.78, 5) is 19.0. The van der Waals surface area contributed by atoms with E-state index in [0.717, 1.165) is 0 Å². The molecule has 0 unspecified atom stereocenters. The molecule has 2 aromatic carbocycles. The maximum absolute atomic E-state index is 14.7. The minimum atomic E-state index is -0.504. The first-order chi connectivity index (χ1) is 12.5. The predicted molar refractivity (Wildman–Crippen MR) is 98.0 cm³/mol. The molecule has 2 heterocycles. The van der Waals surface area contributed by atoms with E-state index in [1.807, 2.05) is 0 Å². The van der Waals surface area contributed by atoms with Crippen LogP contribution in [0.25, 0.3) is 33.1 Å². The molecule has 0 spiro atoms. The molecule has 0 aliphatic heterocycles. The number of rotatable bonds is 2. The average molecular weight is 417 g/mol. The zero-order valence-electron chi connectivity index (χ0n) is 13.4. The van der Waals surface area contributed by atoms with Crippen LogP contribution in [0.3, 0.4) is 0 Å². The van der Waals surface area contributed by atoms with E-state index >= 15 is 0 Å². The molecule has 4 nitrogen and oxygen atoms in total. The van der Waals surface area contributed by atoms with Gasteiger partial charge < -0.3 is 9.72 Å². The van der Waals surface area contributed by atoms with Crippen molar-refractivity contribution in [3.05, 3.63) is 64.3 Å². The lowest BCUT2D eigenvalue weighted by Gasteiger charge is -2.05. The van der Waals surface area contributed by atoms with E-state index in [9.17, 15) is 13.6 Å². The van der Waals surface area contributed by atoms with Crippen LogP contribution in [0, 0.1) is 11.6 Å². The number of nitrogens with zero attached hydrogens (tertiary/aromatic N) is 1. The number of hydrogen-bond acceptors (Lipinski definition) is 3. The van der Waals surface area contributed by atoms with Gasteiger partial charge in [-0.2, -0.15) is 0 Å². The minimum absolute atomic E-state index is 0.267. The second kappa shape index (κ2) is 6.17. The van der Waals surface area contributed by atoms with E-state index in [4.69, 9.17) is 0 Å². The van der Waals surface area contributed by atoms with Crippen LogP contribution >= 0.6 is 15.9 Å². The van der Waals surface area contributed by atoms with Gasteiger partial charge in [-0.05, 0) is 51.8 Å². The van der Waals surface area contributed by atoms with E-state index in [2.05, 4.69) is 30.6 Å². The third kappa shape index (κ3) is 2.64. The summed E-state index contributed by atoms with van der Waals surface area (Å²) >= 11 is 3.09. The quantitative estimate of drug-likeness (QED) is 0.456. The topological polar surface area (TPSA) is 55.0 Å². The number of esters is 1. The van der Waals surface area contributed by atoms with Crippen molar-refractivity contribution in [1.29, 1.82) is 0 Å². The Morgan fingerprint density at radius 3 is 2.65 bits per heavy atom. The Morgan fingerprint density at radius 2 is 1.92 bits per heavy atom. The molecule has 7 heteroatoms. The summed E-state index contributed by atoms with van der Waals surface area (Å²) in [7, 11) is 1.29. The average Bonchev–Trinajstić information content (AvgIpc) is 2.99. The van der Waals surface area contributed by atoms with Gasteiger partial charge in [0.05, 0.1) is 28.2 Å². The lowest BCUT2D eigenvalue weighted by atomic mass is 10.0. The zero-order valence-corrected chi connectivity index (χ0v) is 15.0. The van der Waals surface area contributed by atoms with Crippen LogP contribution in [0.5, 0.6) is 0 Å². The summed E-state index contributed by atoms with van der Waals surface area (Å²) in [6.45, 7) is 0. The number of aromatic nitrogens is 2. The standard InChI is InChI=1S/C19H11BrF2N2O2/c1-26-19(25)10-5-17-18(23-8-10)12-6-14(21)11(7-16(12)24-17)9-2-3-13(20)15(22)4-9/h2-8,24H,1H3. The number of benzene rings is 2. The highest BCUT2D eigenvalue weighted by atomic mass is 79.9. The Bertz CT molecular complexity index is 1190. The first kappa shape index (κ1) is 16.7. The van der Waals surface area contributed by atoms with E-state index in [-0.39, 0.29) is 5.56 Å². The number of hydrogen-bond donors (Lipinski definition) is 1. The highest BCUT2D eigenvalue weighted by molar-refractivity contribution is 9.10. The minimum Gasteiger partial charge on any atom is -0.465 e. The Labute approximate surface area is 154 Å². The highest BCUT2D eigenvalue weighted by Gasteiger charge is 2.15. The van der Waals surface area contributed by atoms with Gasteiger partial charge in [0.15, 0.2) is 0 Å². The molecular weight excluding hydrogens is 406 g/mol. The van der Waals surface area contributed by atoms with Crippen molar-refractivity contribution in [2.75, 3.05) is 7.11 Å². The van der Waals surface area contributed by atoms with Crippen molar-refractivity contribution in [1.82, 2.24) is 9.97 Å². The fourth-order valence-corrected chi connectivity index (χ4v) is 3.15. The van der Waals surface area contributed by atoms with E-state index in [1.165, 1.54) is 31.5 Å². The summed E-state index contributed by atoms with van der Waals surface area (Å²) < 4.78 is 33.5. The Balaban J connectivity index is 1.92. The molecule has 0 radical (unpaired) electrons. The van der Waals surface area contributed by atoms with Crippen LogP contribution in [-0.2, 0) is 4.74 Å². The van der Waals surface area contributed by atoms with Gasteiger partial charge in [-0.15, -0.1) is 0 Å². The fraction of sp³-hybridized carbons (Fsp3) is 0.0526. The van der Waals surface area contributed by atoms with Crippen molar-refractivity contribution >= 4 is 43.8 Å². The number of nitrogens with one attached hydrogen (secondary N) is 1. The van der Waals surface area contributed by atoms with Gasteiger partial charge in [-0.1, -0.05) is 6.07 Å². The number of aromatic amines is 1. The summed E-state index contributed by atoms with van der Waals surface area (Å²) in [6.07, 6.45) is 1.39. The zero-order chi connectivity index (χ0) is 18.4. The first-order valence-electron chi connectivity index (χ1n) is 7.62. The third-order valence-corrected chi connectivity index (χ3v) is 4.81. The number of halogens is 3. The van der Waals surface area contributed by atoms with Crippen molar-refractivity contribution in [2.45, 2.75) is 0 Å². The van der Waals surface area contributed by atoms with Crippen LogP contribution in [0.2, 0.25) is 0 Å². The molecule has 0 aliphatic carbocycles. The molecule has 0 aliphatic rings. The molecule has 0 saturated carbocycles. The number of methoxy groups -OCH3 is 1. The molecule has 2 aromatic heterocycles. The number of ether oxygens (including phenoxy) is 1. The van der Waals surface area contributed by atoms with Gasteiger partial charge in [0.1, 0.15) is 11.6 Å². The van der Waals surface area contributed by atoms with Crippen LogP contribution in [0.4, 0.5) is 8.78 Å². The maximum Gasteiger partial charge on any atom is 0.339 e. The van der Waals surface area contributed by atoms with E-state index in [1.54, 1.807) is 18.2 Å². The molecule has 0 atom stereocenters. The molecule has 0 saturated heterocycles. The second-order valence-corrected chi connectivity index (χ2v) is 6.60. The summed E-state index contributed by atoms with van der Waals surface area (Å²) in [5.74, 6) is -1.46. The van der Waals surface area contributed by atoms with Crippen molar-refractivity contribution in [3.63, 3.8) is 0 Å². The normalized spacial score (nSPS) is 11.2. The third-order valence-electron chi connectivity index (χ3n) is 4.17. The fourth-order valence-electron chi connectivity index (χ4n) is 2.91. The largest absolute Gasteiger partial charge is 0.465 e. The van der Waals surface area contributed by atoms with Crippen LogP contribution in [-0.4, -0.2) is 23.0 Å².